The number of nitriles is 1. The van der Waals surface area contributed by atoms with Gasteiger partial charge in [0, 0.05) is 18.5 Å². The van der Waals surface area contributed by atoms with E-state index in [-0.39, 0.29) is 5.57 Å². The van der Waals surface area contributed by atoms with E-state index in [1.807, 2.05) is 6.92 Å². The van der Waals surface area contributed by atoms with E-state index in [4.69, 9.17) is 14.7 Å². The number of benzene rings is 1. The number of nitrogens with zero attached hydrogens (tertiary/aromatic N) is 1. The molecule has 0 unspecified atom stereocenters. The third-order valence-electron chi connectivity index (χ3n) is 2.46. The molecule has 0 aliphatic heterocycles. The zero-order valence-corrected chi connectivity index (χ0v) is 12.1. The van der Waals surface area contributed by atoms with Crippen molar-refractivity contribution in [3.8, 4) is 11.8 Å². The minimum atomic E-state index is -0.680. The fourth-order valence-corrected chi connectivity index (χ4v) is 1.41. The van der Waals surface area contributed by atoms with Crippen molar-refractivity contribution in [1.29, 1.82) is 5.26 Å². The second-order valence-electron chi connectivity index (χ2n) is 3.88. The quantitative estimate of drug-likeness (QED) is 0.342. The van der Waals surface area contributed by atoms with Crippen LogP contribution in [0.2, 0.25) is 0 Å². The molecule has 0 atom stereocenters. The highest BCUT2D eigenvalue weighted by molar-refractivity contribution is 5.92. The molecule has 6 heteroatoms. The van der Waals surface area contributed by atoms with Gasteiger partial charge in [0.2, 0.25) is 0 Å². The Balaban J connectivity index is 2.53. The minimum absolute atomic E-state index is 0.102. The number of esters is 1. The molecule has 0 spiro atoms. The second-order valence-corrected chi connectivity index (χ2v) is 3.88. The summed E-state index contributed by atoms with van der Waals surface area (Å²) in [6, 6.07) is 8.88. The van der Waals surface area contributed by atoms with Crippen LogP contribution in [0.5, 0.6) is 5.75 Å². The lowest BCUT2D eigenvalue weighted by atomic mass is 10.3. The number of hydrogen-bond acceptors (Lipinski definition) is 6. The first-order valence-corrected chi connectivity index (χ1v) is 6.47. The Morgan fingerprint density at radius 3 is 2.62 bits per heavy atom. The predicted octanol–water partition coefficient (Wildman–Crippen LogP) is 2.09. The van der Waals surface area contributed by atoms with Crippen LogP contribution in [-0.2, 0) is 14.3 Å². The summed E-state index contributed by atoms with van der Waals surface area (Å²) in [5.74, 6) is 0.0404. The zero-order chi connectivity index (χ0) is 15.5. The predicted molar refractivity (Wildman–Crippen MR) is 77.8 cm³/mol. The third kappa shape index (κ3) is 5.97. The summed E-state index contributed by atoms with van der Waals surface area (Å²) in [6.45, 7) is 3.63. The smallest absolute Gasteiger partial charge is 0.350 e. The number of nitrogens with one attached hydrogen (secondary N) is 1. The van der Waals surface area contributed by atoms with E-state index in [0.717, 1.165) is 11.4 Å². The Hall–Kier alpha value is -2.52. The van der Waals surface area contributed by atoms with Crippen LogP contribution in [0.4, 0.5) is 5.69 Å². The van der Waals surface area contributed by atoms with Gasteiger partial charge in [-0.15, -0.1) is 0 Å². The SMILES string of the molecule is CCOCCOc1ccc(N/C=C(\C#N)C(=O)OC)cc1. The lowest BCUT2D eigenvalue weighted by Crippen LogP contribution is -2.06. The summed E-state index contributed by atoms with van der Waals surface area (Å²) < 4.78 is 15.1. The number of ether oxygens (including phenoxy) is 3. The van der Waals surface area contributed by atoms with Crippen molar-refractivity contribution < 1.29 is 19.0 Å². The summed E-state index contributed by atoms with van der Waals surface area (Å²) in [5.41, 5.74) is 0.623. The molecule has 0 aliphatic carbocycles. The molecule has 0 fully saturated rings. The van der Waals surface area contributed by atoms with Crippen molar-refractivity contribution in [1.82, 2.24) is 0 Å². The van der Waals surface area contributed by atoms with Crippen molar-refractivity contribution >= 4 is 11.7 Å². The molecule has 1 aromatic rings. The Kier molecular flexibility index (Phi) is 7.40. The lowest BCUT2D eigenvalue weighted by molar-refractivity contribution is -0.135. The maximum atomic E-state index is 11.2. The van der Waals surface area contributed by atoms with E-state index in [1.54, 1.807) is 30.3 Å². The van der Waals surface area contributed by atoms with Crippen LogP contribution in [-0.4, -0.2) is 32.9 Å². The van der Waals surface area contributed by atoms with Gasteiger partial charge in [-0.3, -0.25) is 0 Å². The van der Waals surface area contributed by atoms with Gasteiger partial charge in [-0.25, -0.2) is 4.79 Å². The number of hydrogen-bond donors (Lipinski definition) is 1. The van der Waals surface area contributed by atoms with Crippen LogP contribution in [0.1, 0.15) is 6.92 Å². The van der Waals surface area contributed by atoms with Gasteiger partial charge in [0.25, 0.3) is 0 Å². The fraction of sp³-hybridized carbons (Fsp3) is 0.333. The highest BCUT2D eigenvalue weighted by atomic mass is 16.5. The molecular formula is C15H18N2O4. The van der Waals surface area contributed by atoms with Crippen molar-refractivity contribution in [3.63, 3.8) is 0 Å². The van der Waals surface area contributed by atoms with Crippen molar-refractivity contribution in [2.45, 2.75) is 6.92 Å². The highest BCUT2D eigenvalue weighted by Gasteiger charge is 2.07. The first kappa shape index (κ1) is 16.5. The van der Waals surface area contributed by atoms with E-state index in [9.17, 15) is 4.79 Å². The molecule has 0 amide bonds. The van der Waals surface area contributed by atoms with Crippen LogP contribution < -0.4 is 10.1 Å². The first-order chi connectivity index (χ1) is 10.2. The van der Waals surface area contributed by atoms with E-state index in [1.165, 1.54) is 13.3 Å². The molecule has 6 nitrogen and oxygen atoms in total. The number of anilines is 1. The van der Waals surface area contributed by atoms with Crippen molar-refractivity contribution in [3.05, 3.63) is 36.0 Å². The highest BCUT2D eigenvalue weighted by Crippen LogP contribution is 2.16. The standard InChI is InChI=1S/C15H18N2O4/c1-3-20-8-9-21-14-6-4-13(5-7-14)17-11-12(10-16)15(18)19-2/h4-7,11,17H,3,8-9H2,1-2H3/b12-11+. The molecule has 0 heterocycles. The third-order valence-corrected chi connectivity index (χ3v) is 2.46. The van der Waals surface area contributed by atoms with Gasteiger partial charge in [-0.2, -0.15) is 5.26 Å². The van der Waals surface area contributed by atoms with Gasteiger partial charge >= 0.3 is 5.97 Å². The molecule has 0 aromatic heterocycles. The van der Waals surface area contributed by atoms with Crippen molar-refractivity contribution in [2.75, 3.05) is 32.2 Å². The Morgan fingerprint density at radius 2 is 2.05 bits per heavy atom. The van der Waals surface area contributed by atoms with Crippen molar-refractivity contribution in [2.24, 2.45) is 0 Å². The lowest BCUT2D eigenvalue weighted by Gasteiger charge is -2.07. The second kappa shape index (κ2) is 9.39. The van der Waals surface area contributed by atoms with Gasteiger partial charge in [0.1, 0.15) is 18.4 Å². The summed E-state index contributed by atoms with van der Waals surface area (Å²) in [6.07, 6.45) is 1.30. The molecule has 1 aromatic carbocycles. The first-order valence-electron chi connectivity index (χ1n) is 6.47. The van der Waals surface area contributed by atoms with E-state index in [0.29, 0.717) is 19.8 Å². The summed E-state index contributed by atoms with van der Waals surface area (Å²) in [5, 5.41) is 11.6. The summed E-state index contributed by atoms with van der Waals surface area (Å²) in [4.78, 5) is 11.2. The summed E-state index contributed by atoms with van der Waals surface area (Å²) in [7, 11) is 1.22. The van der Waals surface area contributed by atoms with Crippen LogP contribution in [0.15, 0.2) is 36.0 Å². The van der Waals surface area contributed by atoms with Gasteiger partial charge in [0.15, 0.2) is 5.57 Å². The van der Waals surface area contributed by atoms with Gasteiger partial charge in [-0.1, -0.05) is 0 Å². The van der Waals surface area contributed by atoms with Crippen LogP contribution in [0, 0.1) is 11.3 Å². The largest absolute Gasteiger partial charge is 0.491 e. The molecule has 0 aliphatic rings. The van der Waals surface area contributed by atoms with E-state index in [2.05, 4.69) is 10.1 Å². The molecule has 112 valence electrons. The topological polar surface area (TPSA) is 80.6 Å². The molecule has 21 heavy (non-hydrogen) atoms. The normalized spacial score (nSPS) is 10.6. The Bertz CT molecular complexity index is 517. The average Bonchev–Trinajstić information content (AvgIpc) is 2.53. The number of methoxy groups -OCH3 is 1. The maximum absolute atomic E-state index is 11.2. The van der Waals surface area contributed by atoms with Gasteiger partial charge in [0.05, 0.1) is 13.7 Å². The monoisotopic (exact) mass is 290 g/mol. The van der Waals surface area contributed by atoms with E-state index < -0.39 is 5.97 Å². The van der Waals surface area contributed by atoms with Crippen LogP contribution in [0.3, 0.4) is 0 Å². The molecule has 0 saturated carbocycles. The molecule has 1 rings (SSSR count). The van der Waals surface area contributed by atoms with Crippen LogP contribution in [0.25, 0.3) is 0 Å². The maximum Gasteiger partial charge on any atom is 0.350 e. The molecular weight excluding hydrogens is 272 g/mol. The van der Waals surface area contributed by atoms with Gasteiger partial charge in [-0.05, 0) is 31.2 Å². The fourth-order valence-electron chi connectivity index (χ4n) is 1.41. The Morgan fingerprint density at radius 1 is 1.33 bits per heavy atom. The molecule has 0 bridgehead atoms. The van der Waals surface area contributed by atoms with Crippen LogP contribution >= 0.6 is 0 Å². The average molecular weight is 290 g/mol. The summed E-state index contributed by atoms with van der Waals surface area (Å²) >= 11 is 0. The minimum Gasteiger partial charge on any atom is -0.491 e. The van der Waals surface area contributed by atoms with Gasteiger partial charge < -0.3 is 19.5 Å². The number of carbonyl (C=O) groups excluding carboxylic acids is 1. The number of carbonyl (C=O) groups is 1. The van der Waals surface area contributed by atoms with E-state index >= 15 is 0 Å². The zero-order valence-electron chi connectivity index (χ0n) is 12.1. The number of rotatable bonds is 8. The molecule has 1 N–H and O–H groups in total. The Labute approximate surface area is 123 Å². The molecule has 0 saturated heterocycles. The molecule has 0 radical (unpaired) electrons.